The Labute approximate surface area is 111 Å². The van der Waals surface area contributed by atoms with Crippen molar-refractivity contribution in [3.63, 3.8) is 0 Å². The molecule has 3 N–H and O–H groups in total. The van der Waals surface area contributed by atoms with Gasteiger partial charge in [0, 0.05) is 12.8 Å². The molecule has 0 fully saturated rings. The van der Waals surface area contributed by atoms with Crippen LogP contribution in [0.5, 0.6) is 0 Å². The average molecular weight is 298 g/mol. The van der Waals surface area contributed by atoms with Crippen LogP contribution in [0.3, 0.4) is 0 Å². The molecule has 0 heterocycles. The Balaban J connectivity index is 4.06. The van der Waals surface area contributed by atoms with E-state index >= 15 is 0 Å². The van der Waals surface area contributed by atoms with Gasteiger partial charge in [0.15, 0.2) is 0 Å². The van der Waals surface area contributed by atoms with E-state index in [-0.39, 0.29) is 12.3 Å². The molecule has 0 saturated heterocycles. The third-order valence-corrected chi connectivity index (χ3v) is 3.56. The molecule has 0 bridgehead atoms. The normalized spacial score (nSPS) is 12.8. The van der Waals surface area contributed by atoms with E-state index in [4.69, 9.17) is 5.11 Å². The van der Waals surface area contributed by atoms with Crippen molar-refractivity contribution in [2.75, 3.05) is 30.6 Å². The summed E-state index contributed by atoms with van der Waals surface area (Å²) in [6.07, 6.45) is 3.21. The Morgan fingerprint density at radius 1 is 1.39 bits per heavy atom. The maximum absolute atomic E-state index is 11.3. The van der Waals surface area contributed by atoms with E-state index in [2.05, 4.69) is 10.6 Å². The van der Waals surface area contributed by atoms with Gasteiger partial charge in [-0.2, -0.15) is 11.8 Å². The minimum absolute atomic E-state index is 0.0421. The topological polar surface area (TPSA) is 113 Å². The van der Waals surface area contributed by atoms with E-state index in [9.17, 15) is 18.0 Å². The first-order chi connectivity index (χ1) is 8.26. The fraction of sp³-hybridized carbons (Fsp3) is 0.778. The summed E-state index contributed by atoms with van der Waals surface area (Å²) < 4.78 is 21.6. The van der Waals surface area contributed by atoms with E-state index in [0.29, 0.717) is 12.2 Å². The number of urea groups is 1. The molecule has 0 aromatic carbocycles. The molecule has 0 radical (unpaired) electrons. The molecule has 0 aliphatic carbocycles. The van der Waals surface area contributed by atoms with Crippen molar-refractivity contribution in [3.8, 4) is 0 Å². The number of carboxylic acids is 1. The Bertz CT molecular complexity index is 382. The number of carboxylic acid groups (broad SMARTS) is 1. The van der Waals surface area contributed by atoms with Gasteiger partial charge in [0.2, 0.25) is 0 Å². The van der Waals surface area contributed by atoms with Crippen molar-refractivity contribution >= 4 is 33.6 Å². The molecule has 9 heteroatoms. The summed E-state index contributed by atoms with van der Waals surface area (Å²) in [5.41, 5.74) is 0. The lowest BCUT2D eigenvalue weighted by molar-refractivity contribution is -0.139. The molecule has 0 unspecified atom stereocenters. The van der Waals surface area contributed by atoms with Gasteiger partial charge < -0.3 is 15.7 Å². The van der Waals surface area contributed by atoms with Gasteiger partial charge in [0.1, 0.15) is 15.9 Å². The smallest absolute Gasteiger partial charge is 0.326 e. The summed E-state index contributed by atoms with van der Waals surface area (Å²) in [6, 6.07) is -1.64. The summed E-state index contributed by atoms with van der Waals surface area (Å²) in [6.45, 7) is -0.0421. The van der Waals surface area contributed by atoms with Crippen molar-refractivity contribution in [3.05, 3.63) is 0 Å². The van der Waals surface area contributed by atoms with Crippen LogP contribution in [0.2, 0.25) is 0 Å². The number of carbonyl (C=O) groups is 2. The van der Waals surface area contributed by atoms with Crippen LogP contribution in [0.15, 0.2) is 0 Å². The van der Waals surface area contributed by atoms with Gasteiger partial charge in [-0.25, -0.2) is 18.0 Å². The molecular weight excluding hydrogens is 280 g/mol. The predicted octanol–water partition coefficient (Wildman–Crippen LogP) is -0.463. The van der Waals surface area contributed by atoms with Crippen LogP contribution in [0.1, 0.15) is 6.42 Å². The summed E-state index contributed by atoms with van der Waals surface area (Å²) >= 11 is 1.48. The number of rotatable bonds is 8. The molecule has 0 saturated carbocycles. The van der Waals surface area contributed by atoms with Crippen molar-refractivity contribution in [1.29, 1.82) is 0 Å². The number of amides is 2. The maximum Gasteiger partial charge on any atom is 0.326 e. The molecule has 7 nitrogen and oxygen atoms in total. The Hall–Kier alpha value is -0.960. The van der Waals surface area contributed by atoms with Crippen LogP contribution >= 0.6 is 11.8 Å². The highest BCUT2D eigenvalue weighted by atomic mass is 32.2. The number of thioether (sulfide) groups is 1. The molecular formula is C9H18N2O5S2. The molecule has 106 valence electrons. The standard InChI is InChI=1S/C9H18N2O5S2/c1-17-5-3-7(8(12)13)11-9(14)10-4-6-18(2,15)16/h7H,3-6H2,1-2H3,(H,12,13)(H2,10,11,14)/t7-/m1/s1. The van der Waals surface area contributed by atoms with Crippen molar-refractivity contribution in [2.45, 2.75) is 12.5 Å². The summed E-state index contributed by atoms with van der Waals surface area (Å²) in [5, 5.41) is 13.4. The molecule has 0 spiro atoms. The molecule has 0 aliphatic heterocycles. The summed E-state index contributed by atoms with van der Waals surface area (Å²) in [5.74, 6) is -0.675. The maximum atomic E-state index is 11.3. The lowest BCUT2D eigenvalue weighted by atomic mass is 10.2. The van der Waals surface area contributed by atoms with Crippen LogP contribution < -0.4 is 10.6 Å². The monoisotopic (exact) mass is 298 g/mol. The SMILES string of the molecule is CSCC[C@@H](NC(=O)NCCS(C)(=O)=O)C(=O)O. The second-order valence-corrected chi connectivity index (χ2v) is 6.95. The summed E-state index contributed by atoms with van der Waals surface area (Å²) in [7, 11) is -3.14. The largest absolute Gasteiger partial charge is 0.480 e. The van der Waals surface area contributed by atoms with E-state index < -0.39 is 27.9 Å². The highest BCUT2D eigenvalue weighted by molar-refractivity contribution is 7.98. The molecule has 0 rings (SSSR count). The molecule has 0 aromatic heterocycles. The first-order valence-corrected chi connectivity index (χ1v) is 8.65. The quantitative estimate of drug-likeness (QED) is 0.559. The molecule has 1 atom stereocenters. The van der Waals surface area contributed by atoms with E-state index in [1.807, 2.05) is 6.26 Å². The number of hydrogen-bond acceptors (Lipinski definition) is 5. The second kappa shape index (κ2) is 8.20. The van der Waals surface area contributed by atoms with Gasteiger partial charge in [0.05, 0.1) is 5.75 Å². The van der Waals surface area contributed by atoms with Crippen LogP contribution in [0.4, 0.5) is 4.79 Å². The van der Waals surface area contributed by atoms with Gasteiger partial charge in [0.25, 0.3) is 0 Å². The average Bonchev–Trinajstić information content (AvgIpc) is 2.21. The Morgan fingerprint density at radius 3 is 2.44 bits per heavy atom. The van der Waals surface area contributed by atoms with Gasteiger partial charge in [-0.3, -0.25) is 0 Å². The molecule has 0 aromatic rings. The zero-order valence-corrected chi connectivity index (χ0v) is 11.9. The van der Waals surface area contributed by atoms with Crippen LogP contribution in [-0.2, 0) is 14.6 Å². The van der Waals surface area contributed by atoms with Crippen LogP contribution in [-0.4, -0.2) is 62.1 Å². The van der Waals surface area contributed by atoms with E-state index in [0.717, 1.165) is 6.26 Å². The lowest BCUT2D eigenvalue weighted by Gasteiger charge is -2.14. The fourth-order valence-corrected chi connectivity index (χ4v) is 2.00. The number of sulfone groups is 1. The third kappa shape index (κ3) is 9.11. The zero-order valence-electron chi connectivity index (χ0n) is 10.3. The van der Waals surface area contributed by atoms with E-state index in [1.54, 1.807) is 0 Å². The highest BCUT2D eigenvalue weighted by Crippen LogP contribution is 2.00. The second-order valence-electron chi connectivity index (χ2n) is 3.70. The third-order valence-electron chi connectivity index (χ3n) is 1.97. The number of carbonyl (C=O) groups excluding carboxylic acids is 1. The van der Waals surface area contributed by atoms with Crippen molar-refractivity contribution in [2.24, 2.45) is 0 Å². The fourth-order valence-electron chi connectivity index (χ4n) is 1.05. The van der Waals surface area contributed by atoms with Gasteiger partial charge in [-0.1, -0.05) is 0 Å². The number of nitrogens with one attached hydrogen (secondary N) is 2. The van der Waals surface area contributed by atoms with Crippen LogP contribution in [0, 0.1) is 0 Å². The van der Waals surface area contributed by atoms with Gasteiger partial charge in [-0.05, 0) is 18.4 Å². The van der Waals surface area contributed by atoms with Gasteiger partial charge in [-0.15, -0.1) is 0 Å². The van der Waals surface area contributed by atoms with E-state index in [1.165, 1.54) is 11.8 Å². The predicted molar refractivity (Wildman–Crippen MR) is 70.7 cm³/mol. The first-order valence-electron chi connectivity index (χ1n) is 5.20. The highest BCUT2D eigenvalue weighted by Gasteiger charge is 2.19. The minimum atomic E-state index is -3.14. The summed E-state index contributed by atoms with van der Waals surface area (Å²) in [4.78, 5) is 22.1. The van der Waals surface area contributed by atoms with Gasteiger partial charge >= 0.3 is 12.0 Å². The Morgan fingerprint density at radius 2 is 2.00 bits per heavy atom. The van der Waals surface area contributed by atoms with Crippen molar-refractivity contribution < 1.29 is 23.1 Å². The first kappa shape index (κ1) is 17.0. The molecule has 0 aliphatic rings. The molecule has 2 amide bonds. The van der Waals surface area contributed by atoms with Crippen LogP contribution in [0.25, 0.3) is 0 Å². The lowest BCUT2D eigenvalue weighted by Crippen LogP contribution is -2.47. The number of hydrogen-bond donors (Lipinski definition) is 3. The number of aliphatic carboxylic acids is 1. The molecule has 18 heavy (non-hydrogen) atoms. The van der Waals surface area contributed by atoms with Crippen molar-refractivity contribution in [1.82, 2.24) is 10.6 Å². The minimum Gasteiger partial charge on any atom is -0.480 e. The zero-order chi connectivity index (χ0) is 14.2. The Kier molecular flexibility index (Phi) is 7.76.